The first-order valence-corrected chi connectivity index (χ1v) is 6.94. The molecular formula is C12H25NO2S. The highest BCUT2D eigenvalue weighted by Gasteiger charge is 2.34. The van der Waals surface area contributed by atoms with Crippen LogP contribution in [0.1, 0.15) is 40.0 Å². The van der Waals surface area contributed by atoms with Gasteiger partial charge in [0.2, 0.25) is 0 Å². The third-order valence-corrected chi connectivity index (χ3v) is 4.04. The van der Waals surface area contributed by atoms with Crippen LogP contribution in [0.5, 0.6) is 0 Å². The van der Waals surface area contributed by atoms with Crippen molar-refractivity contribution in [2.75, 3.05) is 19.9 Å². The van der Waals surface area contributed by atoms with E-state index >= 15 is 0 Å². The van der Waals surface area contributed by atoms with Gasteiger partial charge in [-0.25, -0.2) is 0 Å². The van der Waals surface area contributed by atoms with E-state index in [-0.39, 0.29) is 5.97 Å². The largest absolute Gasteiger partial charge is 0.468 e. The molecule has 16 heavy (non-hydrogen) atoms. The van der Waals surface area contributed by atoms with E-state index in [9.17, 15) is 4.79 Å². The first kappa shape index (κ1) is 15.8. The number of hydrogen-bond acceptors (Lipinski definition) is 4. The van der Waals surface area contributed by atoms with Crippen LogP contribution in [-0.4, -0.2) is 36.7 Å². The van der Waals surface area contributed by atoms with Crippen molar-refractivity contribution in [2.24, 2.45) is 0 Å². The number of rotatable bonds is 8. The molecule has 96 valence electrons. The van der Waals surface area contributed by atoms with Gasteiger partial charge in [-0.2, -0.15) is 11.8 Å². The highest BCUT2D eigenvalue weighted by molar-refractivity contribution is 7.99. The summed E-state index contributed by atoms with van der Waals surface area (Å²) in [5, 5.41) is 3.52. The average Bonchev–Trinajstić information content (AvgIpc) is 2.28. The lowest BCUT2D eigenvalue weighted by Gasteiger charge is -2.28. The SMILES string of the molecule is CCCCSC(C)CC(C)(NC)C(=O)OC. The maximum atomic E-state index is 11.6. The second-order valence-corrected chi connectivity index (χ2v) is 5.86. The van der Waals surface area contributed by atoms with Crippen LogP contribution >= 0.6 is 11.8 Å². The van der Waals surface area contributed by atoms with Gasteiger partial charge in [0.15, 0.2) is 0 Å². The van der Waals surface area contributed by atoms with Gasteiger partial charge in [0.1, 0.15) is 5.54 Å². The Labute approximate surface area is 104 Å². The molecular weight excluding hydrogens is 222 g/mol. The molecule has 0 aliphatic carbocycles. The number of likely N-dealkylation sites (N-methyl/N-ethyl adjacent to an activating group) is 1. The van der Waals surface area contributed by atoms with Crippen molar-refractivity contribution in [3.8, 4) is 0 Å². The third-order valence-electron chi connectivity index (χ3n) is 2.78. The van der Waals surface area contributed by atoms with E-state index in [1.165, 1.54) is 25.7 Å². The Morgan fingerprint density at radius 1 is 1.56 bits per heavy atom. The minimum Gasteiger partial charge on any atom is -0.468 e. The smallest absolute Gasteiger partial charge is 0.325 e. The monoisotopic (exact) mass is 247 g/mol. The van der Waals surface area contributed by atoms with Gasteiger partial charge in [0.25, 0.3) is 0 Å². The quantitative estimate of drug-likeness (QED) is 0.528. The van der Waals surface area contributed by atoms with Crippen LogP contribution in [0.3, 0.4) is 0 Å². The summed E-state index contributed by atoms with van der Waals surface area (Å²) in [4.78, 5) is 11.6. The number of carbonyl (C=O) groups is 1. The van der Waals surface area contributed by atoms with Crippen LogP contribution in [0, 0.1) is 0 Å². The van der Waals surface area contributed by atoms with Gasteiger partial charge in [-0.1, -0.05) is 20.3 Å². The summed E-state index contributed by atoms with van der Waals surface area (Å²) in [6.45, 7) is 6.26. The van der Waals surface area contributed by atoms with Gasteiger partial charge in [-0.05, 0) is 32.6 Å². The Morgan fingerprint density at radius 2 is 2.19 bits per heavy atom. The van der Waals surface area contributed by atoms with Crippen LogP contribution in [-0.2, 0) is 9.53 Å². The summed E-state index contributed by atoms with van der Waals surface area (Å²) in [5.41, 5.74) is -0.562. The molecule has 4 heteroatoms. The van der Waals surface area contributed by atoms with Gasteiger partial charge in [-0.3, -0.25) is 4.79 Å². The van der Waals surface area contributed by atoms with Crippen molar-refractivity contribution in [1.29, 1.82) is 0 Å². The predicted molar refractivity (Wildman–Crippen MR) is 70.9 cm³/mol. The molecule has 1 N–H and O–H groups in total. The summed E-state index contributed by atoms with van der Waals surface area (Å²) in [6, 6.07) is 0. The molecule has 0 rings (SSSR count). The molecule has 3 nitrogen and oxygen atoms in total. The highest BCUT2D eigenvalue weighted by Crippen LogP contribution is 2.23. The topological polar surface area (TPSA) is 38.3 Å². The van der Waals surface area contributed by atoms with Crippen LogP contribution in [0.25, 0.3) is 0 Å². The molecule has 0 aliphatic heterocycles. The van der Waals surface area contributed by atoms with E-state index in [2.05, 4.69) is 19.2 Å². The molecule has 0 spiro atoms. The molecule has 0 aliphatic rings. The highest BCUT2D eigenvalue weighted by atomic mass is 32.2. The average molecular weight is 247 g/mol. The number of esters is 1. The lowest BCUT2D eigenvalue weighted by Crippen LogP contribution is -2.49. The van der Waals surface area contributed by atoms with Gasteiger partial charge < -0.3 is 10.1 Å². The van der Waals surface area contributed by atoms with Gasteiger partial charge in [0.05, 0.1) is 7.11 Å². The second-order valence-electron chi connectivity index (χ2n) is 4.31. The molecule has 0 aromatic rings. The molecule has 0 saturated carbocycles. The van der Waals surface area contributed by atoms with E-state index in [4.69, 9.17) is 4.74 Å². The maximum Gasteiger partial charge on any atom is 0.325 e. The number of unbranched alkanes of at least 4 members (excludes halogenated alkanes) is 1. The summed E-state index contributed by atoms with van der Waals surface area (Å²) < 4.78 is 4.82. The molecule has 2 atom stereocenters. The van der Waals surface area contributed by atoms with Crippen LogP contribution in [0.15, 0.2) is 0 Å². The van der Waals surface area contributed by atoms with E-state index in [0.717, 1.165) is 6.42 Å². The van der Waals surface area contributed by atoms with E-state index in [1.54, 1.807) is 7.05 Å². The zero-order valence-corrected chi connectivity index (χ0v) is 11.9. The minimum absolute atomic E-state index is 0.182. The second kappa shape index (κ2) is 7.96. The Bertz CT molecular complexity index is 211. The zero-order valence-electron chi connectivity index (χ0n) is 11.1. The Kier molecular flexibility index (Phi) is 7.85. The Hall–Kier alpha value is -0.220. The van der Waals surface area contributed by atoms with Crippen molar-refractivity contribution in [1.82, 2.24) is 5.32 Å². The normalized spacial score (nSPS) is 16.6. The standard InChI is InChI=1S/C12H25NO2S/c1-6-7-8-16-10(2)9-12(3,13-4)11(14)15-5/h10,13H,6-9H2,1-5H3. The lowest BCUT2D eigenvalue weighted by molar-refractivity contribution is -0.147. The summed E-state index contributed by atoms with van der Waals surface area (Å²) in [5.74, 6) is 0.983. The van der Waals surface area contributed by atoms with Crippen molar-refractivity contribution in [3.05, 3.63) is 0 Å². The van der Waals surface area contributed by atoms with Crippen molar-refractivity contribution >= 4 is 17.7 Å². The fourth-order valence-electron chi connectivity index (χ4n) is 1.58. The molecule has 2 unspecified atom stereocenters. The molecule has 0 saturated heterocycles. The number of carbonyl (C=O) groups excluding carboxylic acids is 1. The number of ether oxygens (including phenoxy) is 1. The van der Waals surface area contributed by atoms with Crippen LogP contribution in [0.2, 0.25) is 0 Å². The summed E-state index contributed by atoms with van der Waals surface area (Å²) >= 11 is 1.92. The molecule has 0 amide bonds. The van der Waals surface area contributed by atoms with Gasteiger partial charge >= 0.3 is 5.97 Å². The lowest BCUT2D eigenvalue weighted by atomic mass is 9.96. The predicted octanol–water partition coefficient (Wildman–Crippen LogP) is 2.45. The van der Waals surface area contributed by atoms with Crippen molar-refractivity contribution in [2.45, 2.75) is 50.8 Å². The van der Waals surface area contributed by atoms with Gasteiger partial charge in [0, 0.05) is 5.25 Å². The fraction of sp³-hybridized carbons (Fsp3) is 0.917. The molecule has 0 heterocycles. The summed E-state index contributed by atoms with van der Waals surface area (Å²) in [7, 11) is 3.24. The molecule has 0 aromatic heterocycles. The van der Waals surface area contributed by atoms with Crippen LogP contribution < -0.4 is 5.32 Å². The van der Waals surface area contributed by atoms with Crippen molar-refractivity contribution < 1.29 is 9.53 Å². The van der Waals surface area contributed by atoms with E-state index in [1.807, 2.05) is 18.7 Å². The minimum atomic E-state index is -0.562. The first-order chi connectivity index (χ1) is 7.50. The van der Waals surface area contributed by atoms with E-state index < -0.39 is 5.54 Å². The number of thioether (sulfide) groups is 1. The Morgan fingerprint density at radius 3 is 2.62 bits per heavy atom. The number of hydrogen-bond donors (Lipinski definition) is 1. The zero-order chi connectivity index (χ0) is 12.6. The van der Waals surface area contributed by atoms with Gasteiger partial charge in [-0.15, -0.1) is 0 Å². The third kappa shape index (κ3) is 5.21. The molecule has 0 aromatic carbocycles. The number of nitrogens with one attached hydrogen (secondary N) is 1. The molecule has 0 bridgehead atoms. The number of methoxy groups -OCH3 is 1. The maximum absolute atomic E-state index is 11.6. The fourth-order valence-corrected chi connectivity index (χ4v) is 2.88. The molecule has 0 fully saturated rings. The van der Waals surface area contributed by atoms with Crippen molar-refractivity contribution in [3.63, 3.8) is 0 Å². The van der Waals surface area contributed by atoms with Crippen LogP contribution in [0.4, 0.5) is 0 Å². The summed E-state index contributed by atoms with van der Waals surface area (Å²) in [6.07, 6.45) is 3.26. The Balaban J connectivity index is 4.14. The molecule has 0 radical (unpaired) electrons. The first-order valence-electron chi connectivity index (χ1n) is 5.89. The van der Waals surface area contributed by atoms with E-state index in [0.29, 0.717) is 5.25 Å².